The highest BCUT2D eigenvalue weighted by atomic mass is 35.5. The van der Waals surface area contributed by atoms with Crippen molar-refractivity contribution in [3.63, 3.8) is 0 Å². The van der Waals surface area contributed by atoms with Crippen molar-refractivity contribution >= 4 is 11.6 Å². The van der Waals surface area contributed by atoms with E-state index in [2.05, 4.69) is 4.98 Å². The number of hydrogen-bond acceptors (Lipinski definition) is 2. The second-order valence-electron chi connectivity index (χ2n) is 4.38. The molecular weight excluding hydrogens is 247 g/mol. The number of rotatable bonds is 1. The molecule has 0 amide bonds. The second kappa shape index (κ2) is 5.04. The summed E-state index contributed by atoms with van der Waals surface area (Å²) in [6.45, 7) is 0. The summed E-state index contributed by atoms with van der Waals surface area (Å²) in [5.41, 5.74) is -1.53. The van der Waals surface area contributed by atoms with Gasteiger partial charge in [0.15, 0.2) is 5.15 Å². The van der Waals surface area contributed by atoms with Crippen molar-refractivity contribution in [1.82, 2.24) is 9.55 Å². The van der Waals surface area contributed by atoms with Crippen molar-refractivity contribution < 1.29 is 4.39 Å². The minimum absolute atomic E-state index is 0.208. The first kappa shape index (κ1) is 12.4. The van der Waals surface area contributed by atoms with Crippen LogP contribution in [-0.4, -0.2) is 9.55 Å². The van der Waals surface area contributed by atoms with Gasteiger partial charge >= 0.3 is 5.69 Å². The third-order valence-corrected chi connectivity index (χ3v) is 3.49. The van der Waals surface area contributed by atoms with Gasteiger partial charge < -0.3 is 0 Å². The number of H-pyrrole nitrogens is 1. The Balaban J connectivity index is 2.47. The SMILES string of the molecule is O=c1[nH]c(Cl)c(F)c(=O)n1C1CCCCCC1. The lowest BCUT2D eigenvalue weighted by Crippen LogP contribution is -2.39. The summed E-state index contributed by atoms with van der Waals surface area (Å²) in [6, 6.07) is -0.208. The monoisotopic (exact) mass is 260 g/mol. The third kappa shape index (κ3) is 2.44. The van der Waals surface area contributed by atoms with Crippen LogP contribution in [0.3, 0.4) is 0 Å². The molecule has 4 nitrogen and oxygen atoms in total. The Hall–Kier alpha value is -1.10. The van der Waals surface area contributed by atoms with Crippen LogP contribution < -0.4 is 11.2 Å². The Morgan fingerprint density at radius 2 is 1.76 bits per heavy atom. The number of halogens is 2. The summed E-state index contributed by atoms with van der Waals surface area (Å²) in [5, 5.41) is -0.509. The Bertz CT molecular complexity index is 515. The van der Waals surface area contributed by atoms with E-state index in [1.807, 2.05) is 0 Å². The van der Waals surface area contributed by atoms with Crippen LogP contribution in [0.25, 0.3) is 0 Å². The van der Waals surface area contributed by atoms with Gasteiger partial charge in [0.05, 0.1) is 0 Å². The lowest BCUT2D eigenvalue weighted by Gasteiger charge is -2.16. The molecule has 1 aliphatic rings. The molecule has 6 heteroatoms. The fourth-order valence-electron chi connectivity index (χ4n) is 2.35. The van der Waals surface area contributed by atoms with Crippen LogP contribution in [0.2, 0.25) is 5.15 Å². The van der Waals surface area contributed by atoms with Gasteiger partial charge in [0, 0.05) is 6.04 Å². The number of aromatic amines is 1. The van der Waals surface area contributed by atoms with Crippen LogP contribution in [0.4, 0.5) is 4.39 Å². The summed E-state index contributed by atoms with van der Waals surface area (Å²) in [5.74, 6) is -1.07. The van der Waals surface area contributed by atoms with Gasteiger partial charge in [-0.1, -0.05) is 37.3 Å². The highest BCUT2D eigenvalue weighted by Gasteiger charge is 2.21. The topological polar surface area (TPSA) is 54.9 Å². The van der Waals surface area contributed by atoms with Gasteiger partial charge in [0.25, 0.3) is 5.56 Å². The molecule has 1 aliphatic carbocycles. The van der Waals surface area contributed by atoms with E-state index in [9.17, 15) is 14.0 Å². The predicted octanol–water partition coefficient (Wildman–Crippen LogP) is 2.22. The lowest BCUT2D eigenvalue weighted by atomic mass is 10.1. The largest absolute Gasteiger partial charge is 0.329 e. The zero-order valence-corrected chi connectivity index (χ0v) is 10.1. The maximum Gasteiger partial charge on any atom is 0.329 e. The Kier molecular flexibility index (Phi) is 3.66. The summed E-state index contributed by atoms with van der Waals surface area (Å²) in [6.07, 6.45) is 5.59. The average Bonchev–Trinajstić information content (AvgIpc) is 2.55. The zero-order chi connectivity index (χ0) is 12.4. The molecule has 1 fully saturated rings. The summed E-state index contributed by atoms with van der Waals surface area (Å²) >= 11 is 5.42. The fourth-order valence-corrected chi connectivity index (χ4v) is 2.51. The Morgan fingerprint density at radius 3 is 2.35 bits per heavy atom. The van der Waals surface area contributed by atoms with Crippen LogP contribution in [-0.2, 0) is 0 Å². The highest BCUT2D eigenvalue weighted by Crippen LogP contribution is 2.25. The fraction of sp³-hybridized carbons (Fsp3) is 0.636. The minimum atomic E-state index is -1.07. The molecule has 0 aromatic carbocycles. The number of aromatic nitrogens is 2. The molecule has 0 spiro atoms. The van der Waals surface area contributed by atoms with E-state index in [0.717, 1.165) is 43.1 Å². The first-order valence-electron chi connectivity index (χ1n) is 5.81. The van der Waals surface area contributed by atoms with Gasteiger partial charge in [-0.3, -0.25) is 14.3 Å². The zero-order valence-electron chi connectivity index (χ0n) is 9.34. The van der Waals surface area contributed by atoms with Crippen LogP contribution in [0.15, 0.2) is 9.59 Å². The molecule has 0 aliphatic heterocycles. The number of hydrogen-bond donors (Lipinski definition) is 1. The van der Waals surface area contributed by atoms with Crippen molar-refractivity contribution in [3.8, 4) is 0 Å². The predicted molar refractivity (Wildman–Crippen MR) is 63.0 cm³/mol. The lowest BCUT2D eigenvalue weighted by molar-refractivity contribution is 0.400. The first-order valence-corrected chi connectivity index (χ1v) is 6.19. The Morgan fingerprint density at radius 1 is 1.18 bits per heavy atom. The maximum absolute atomic E-state index is 13.4. The molecule has 0 radical (unpaired) electrons. The molecule has 1 N–H and O–H groups in total. The van der Waals surface area contributed by atoms with E-state index >= 15 is 0 Å². The van der Waals surface area contributed by atoms with Crippen molar-refractivity contribution in [2.45, 2.75) is 44.6 Å². The summed E-state index contributed by atoms with van der Waals surface area (Å²) in [7, 11) is 0. The molecule has 17 heavy (non-hydrogen) atoms. The maximum atomic E-state index is 13.4. The van der Waals surface area contributed by atoms with E-state index in [-0.39, 0.29) is 6.04 Å². The smallest absolute Gasteiger partial charge is 0.295 e. The molecule has 0 unspecified atom stereocenters. The molecule has 1 aromatic heterocycles. The number of nitrogens with zero attached hydrogens (tertiary/aromatic N) is 1. The van der Waals surface area contributed by atoms with Crippen molar-refractivity contribution in [2.75, 3.05) is 0 Å². The molecule has 0 saturated heterocycles. The normalized spacial score (nSPS) is 18.0. The minimum Gasteiger partial charge on any atom is -0.295 e. The van der Waals surface area contributed by atoms with Crippen LogP contribution in [0.1, 0.15) is 44.6 Å². The molecule has 2 rings (SSSR count). The second-order valence-corrected chi connectivity index (χ2v) is 4.76. The molecular formula is C11H14ClFN2O2. The quantitative estimate of drug-likeness (QED) is 0.622. The van der Waals surface area contributed by atoms with Gasteiger partial charge in [-0.05, 0) is 12.8 Å². The van der Waals surface area contributed by atoms with Gasteiger partial charge in [-0.2, -0.15) is 4.39 Å². The van der Waals surface area contributed by atoms with E-state index in [4.69, 9.17) is 11.6 Å². The van der Waals surface area contributed by atoms with E-state index in [0.29, 0.717) is 0 Å². The van der Waals surface area contributed by atoms with E-state index < -0.39 is 22.2 Å². The van der Waals surface area contributed by atoms with E-state index in [1.165, 1.54) is 0 Å². The Labute approximate surface area is 102 Å². The molecule has 0 bridgehead atoms. The van der Waals surface area contributed by atoms with Gasteiger partial charge in [0.2, 0.25) is 5.82 Å². The van der Waals surface area contributed by atoms with Crippen molar-refractivity contribution in [2.24, 2.45) is 0 Å². The summed E-state index contributed by atoms with van der Waals surface area (Å²) < 4.78 is 14.4. The molecule has 1 aromatic rings. The average molecular weight is 261 g/mol. The molecule has 1 saturated carbocycles. The van der Waals surface area contributed by atoms with Crippen LogP contribution >= 0.6 is 11.6 Å². The van der Waals surface area contributed by atoms with E-state index in [1.54, 1.807) is 0 Å². The number of nitrogens with one attached hydrogen (secondary N) is 1. The third-order valence-electron chi connectivity index (χ3n) is 3.22. The van der Waals surface area contributed by atoms with Crippen molar-refractivity contribution in [1.29, 1.82) is 0 Å². The molecule has 94 valence electrons. The van der Waals surface area contributed by atoms with Gasteiger partial charge in [-0.25, -0.2) is 4.79 Å². The van der Waals surface area contributed by atoms with Crippen LogP contribution in [0, 0.1) is 5.82 Å². The standard InChI is InChI=1S/C11H14ClFN2O2/c12-9-8(13)10(16)15(11(17)14-9)7-5-3-1-2-4-6-7/h7H,1-6H2,(H,14,17). The van der Waals surface area contributed by atoms with Gasteiger partial charge in [-0.15, -0.1) is 0 Å². The van der Waals surface area contributed by atoms with Gasteiger partial charge in [0.1, 0.15) is 0 Å². The van der Waals surface area contributed by atoms with Crippen molar-refractivity contribution in [3.05, 3.63) is 31.8 Å². The van der Waals surface area contributed by atoms with Crippen LogP contribution in [0.5, 0.6) is 0 Å². The molecule has 1 heterocycles. The highest BCUT2D eigenvalue weighted by molar-refractivity contribution is 6.29. The summed E-state index contributed by atoms with van der Waals surface area (Å²) in [4.78, 5) is 25.5. The first-order chi connectivity index (χ1) is 8.11. The molecule has 0 atom stereocenters.